The van der Waals surface area contributed by atoms with Crippen LogP contribution in [0.3, 0.4) is 0 Å². The largest absolute Gasteiger partial charge is 0.312 e. The molecule has 2 aromatic carbocycles. The highest BCUT2D eigenvalue weighted by Crippen LogP contribution is 2.27. The van der Waals surface area contributed by atoms with Gasteiger partial charge in [-0.05, 0) is 42.8 Å². The molecule has 2 heterocycles. The van der Waals surface area contributed by atoms with Crippen LogP contribution in [0.25, 0.3) is 11.3 Å². The number of amides is 2. The minimum Gasteiger partial charge on any atom is -0.312 e. The van der Waals surface area contributed by atoms with Crippen molar-refractivity contribution in [1.82, 2.24) is 4.98 Å². The number of halogens is 2. The van der Waals surface area contributed by atoms with E-state index in [0.717, 1.165) is 18.6 Å². The number of rotatable bonds is 4. The fraction of sp³-hybridized carbons (Fsp3) is 0.150. The molecule has 2 amide bonds. The third kappa shape index (κ3) is 3.63. The van der Waals surface area contributed by atoms with Gasteiger partial charge in [0.2, 0.25) is 5.91 Å². The molecule has 0 bridgehead atoms. The number of nitrogens with one attached hydrogen (secondary N) is 1. The average molecular weight is 399 g/mol. The number of benzene rings is 2. The number of hydrogen-bond donors (Lipinski definition) is 1. The Kier molecular flexibility index (Phi) is 4.87. The van der Waals surface area contributed by atoms with Crippen LogP contribution in [0.5, 0.6) is 0 Å². The van der Waals surface area contributed by atoms with Crippen molar-refractivity contribution in [1.29, 1.82) is 0 Å². The maximum Gasteiger partial charge on any atom is 0.257 e. The second-order valence-electron chi connectivity index (χ2n) is 6.32. The zero-order chi connectivity index (χ0) is 19.7. The summed E-state index contributed by atoms with van der Waals surface area (Å²) in [5.74, 6) is -2.19. The molecule has 0 radical (unpaired) electrons. The van der Waals surface area contributed by atoms with Gasteiger partial charge in [-0.2, -0.15) is 0 Å². The second-order valence-corrected chi connectivity index (χ2v) is 7.18. The lowest BCUT2D eigenvalue weighted by Gasteiger charge is -2.16. The van der Waals surface area contributed by atoms with Gasteiger partial charge in [0, 0.05) is 35.2 Å². The summed E-state index contributed by atoms with van der Waals surface area (Å²) in [6.45, 7) is 0.647. The van der Waals surface area contributed by atoms with Gasteiger partial charge in [-0.25, -0.2) is 13.8 Å². The van der Waals surface area contributed by atoms with Crippen molar-refractivity contribution < 1.29 is 18.4 Å². The molecule has 8 heteroatoms. The predicted octanol–water partition coefficient (Wildman–Crippen LogP) is 4.47. The first-order chi connectivity index (χ1) is 13.5. The van der Waals surface area contributed by atoms with Gasteiger partial charge in [-0.3, -0.25) is 14.9 Å². The minimum absolute atomic E-state index is 0.0497. The van der Waals surface area contributed by atoms with Gasteiger partial charge in [-0.1, -0.05) is 6.07 Å². The molecule has 0 spiro atoms. The molecule has 3 aromatic rings. The summed E-state index contributed by atoms with van der Waals surface area (Å²) >= 11 is 1.18. The normalized spacial score (nSPS) is 13.8. The highest BCUT2D eigenvalue weighted by atomic mass is 32.1. The first-order valence-electron chi connectivity index (χ1n) is 8.64. The van der Waals surface area contributed by atoms with Crippen molar-refractivity contribution in [3.63, 3.8) is 0 Å². The molecule has 5 nitrogen and oxygen atoms in total. The summed E-state index contributed by atoms with van der Waals surface area (Å²) in [4.78, 5) is 30.4. The molecule has 1 aliphatic heterocycles. The SMILES string of the molecule is O=C(Nc1nc(-c2ccc(F)c(F)c2)cs1)c1cccc(N2CCCC2=O)c1. The van der Waals surface area contributed by atoms with E-state index in [1.165, 1.54) is 17.4 Å². The zero-order valence-corrected chi connectivity index (χ0v) is 15.4. The first kappa shape index (κ1) is 18.2. The van der Waals surface area contributed by atoms with Crippen LogP contribution in [-0.2, 0) is 4.79 Å². The molecule has 0 aliphatic carbocycles. The van der Waals surface area contributed by atoms with Gasteiger partial charge >= 0.3 is 0 Å². The van der Waals surface area contributed by atoms with Crippen LogP contribution < -0.4 is 10.2 Å². The Morgan fingerprint density at radius 3 is 2.75 bits per heavy atom. The van der Waals surface area contributed by atoms with E-state index < -0.39 is 11.6 Å². The first-order valence-corrected chi connectivity index (χ1v) is 9.52. The van der Waals surface area contributed by atoms with Crippen LogP contribution in [0.4, 0.5) is 19.6 Å². The Balaban J connectivity index is 1.50. The van der Waals surface area contributed by atoms with Crippen molar-refractivity contribution in [3.8, 4) is 11.3 Å². The van der Waals surface area contributed by atoms with E-state index in [-0.39, 0.29) is 11.8 Å². The van der Waals surface area contributed by atoms with Crippen LogP contribution in [0, 0.1) is 11.6 Å². The van der Waals surface area contributed by atoms with Crippen molar-refractivity contribution in [2.75, 3.05) is 16.8 Å². The maximum atomic E-state index is 13.4. The Hall–Kier alpha value is -3.13. The smallest absolute Gasteiger partial charge is 0.257 e. The van der Waals surface area contributed by atoms with Crippen LogP contribution in [0.2, 0.25) is 0 Å². The highest BCUT2D eigenvalue weighted by molar-refractivity contribution is 7.14. The monoisotopic (exact) mass is 399 g/mol. The van der Waals surface area contributed by atoms with E-state index in [9.17, 15) is 18.4 Å². The molecule has 1 aromatic heterocycles. The quantitative estimate of drug-likeness (QED) is 0.704. The van der Waals surface area contributed by atoms with E-state index >= 15 is 0 Å². The van der Waals surface area contributed by atoms with Crippen molar-refractivity contribution in [2.45, 2.75) is 12.8 Å². The molecule has 1 saturated heterocycles. The fourth-order valence-corrected chi connectivity index (χ4v) is 3.74. The molecule has 28 heavy (non-hydrogen) atoms. The van der Waals surface area contributed by atoms with Crippen molar-refractivity contribution >= 4 is 34.0 Å². The molecule has 1 N–H and O–H groups in total. The Bertz CT molecular complexity index is 1070. The zero-order valence-electron chi connectivity index (χ0n) is 14.6. The van der Waals surface area contributed by atoms with E-state index in [4.69, 9.17) is 0 Å². The van der Waals surface area contributed by atoms with E-state index in [2.05, 4.69) is 10.3 Å². The molecular formula is C20H15F2N3O2S. The molecular weight excluding hydrogens is 384 g/mol. The van der Waals surface area contributed by atoms with Gasteiger partial charge in [0.15, 0.2) is 16.8 Å². The summed E-state index contributed by atoms with van der Waals surface area (Å²) < 4.78 is 26.5. The number of hydrogen-bond acceptors (Lipinski definition) is 4. The molecule has 0 saturated carbocycles. The Morgan fingerprint density at radius 1 is 1.14 bits per heavy atom. The van der Waals surface area contributed by atoms with Crippen LogP contribution in [0.15, 0.2) is 47.8 Å². The van der Waals surface area contributed by atoms with E-state index in [0.29, 0.717) is 40.6 Å². The number of aromatic nitrogens is 1. The van der Waals surface area contributed by atoms with Crippen LogP contribution in [0.1, 0.15) is 23.2 Å². The summed E-state index contributed by atoms with van der Waals surface area (Å²) in [7, 11) is 0. The summed E-state index contributed by atoms with van der Waals surface area (Å²) in [6.07, 6.45) is 1.32. The van der Waals surface area contributed by atoms with Gasteiger partial charge in [-0.15, -0.1) is 11.3 Å². The number of carbonyl (C=O) groups excluding carboxylic acids is 2. The van der Waals surface area contributed by atoms with Crippen molar-refractivity contribution in [3.05, 3.63) is 65.0 Å². The summed E-state index contributed by atoms with van der Waals surface area (Å²) in [5, 5.41) is 4.70. The molecule has 1 fully saturated rings. The van der Waals surface area contributed by atoms with E-state index in [1.54, 1.807) is 34.5 Å². The van der Waals surface area contributed by atoms with Crippen LogP contribution >= 0.6 is 11.3 Å². The van der Waals surface area contributed by atoms with Gasteiger partial charge in [0.1, 0.15) is 0 Å². The number of thiazole rings is 1. The lowest BCUT2D eigenvalue weighted by molar-refractivity contribution is -0.117. The van der Waals surface area contributed by atoms with E-state index in [1.807, 2.05) is 0 Å². The molecule has 4 rings (SSSR count). The summed E-state index contributed by atoms with van der Waals surface area (Å²) in [5.41, 5.74) is 1.96. The minimum atomic E-state index is -0.954. The molecule has 0 unspecified atom stereocenters. The van der Waals surface area contributed by atoms with Gasteiger partial charge in [0.25, 0.3) is 5.91 Å². The highest BCUT2D eigenvalue weighted by Gasteiger charge is 2.22. The Morgan fingerprint density at radius 2 is 2.00 bits per heavy atom. The van der Waals surface area contributed by atoms with Gasteiger partial charge < -0.3 is 4.90 Å². The third-order valence-electron chi connectivity index (χ3n) is 4.43. The number of anilines is 2. The maximum absolute atomic E-state index is 13.4. The van der Waals surface area contributed by atoms with Crippen LogP contribution in [-0.4, -0.2) is 23.3 Å². The molecule has 1 aliphatic rings. The molecule has 142 valence electrons. The van der Waals surface area contributed by atoms with Crippen molar-refractivity contribution in [2.24, 2.45) is 0 Å². The third-order valence-corrected chi connectivity index (χ3v) is 5.19. The topological polar surface area (TPSA) is 62.3 Å². The summed E-state index contributed by atoms with van der Waals surface area (Å²) in [6, 6.07) is 10.4. The Labute approximate surface area is 163 Å². The molecule has 0 atom stereocenters. The predicted molar refractivity (Wildman–Crippen MR) is 103 cm³/mol. The fourth-order valence-electron chi connectivity index (χ4n) is 3.02. The second kappa shape index (κ2) is 7.47. The average Bonchev–Trinajstić information content (AvgIpc) is 3.33. The number of carbonyl (C=O) groups is 2. The standard InChI is InChI=1S/C20H15F2N3O2S/c21-15-7-6-12(10-16(15)22)17-11-28-20(23-17)24-19(27)13-3-1-4-14(9-13)25-8-2-5-18(25)26/h1,3-4,6-7,9-11H,2,5,8H2,(H,23,24,27). The lowest BCUT2D eigenvalue weighted by atomic mass is 10.1. The van der Waals surface area contributed by atoms with Gasteiger partial charge in [0.05, 0.1) is 5.69 Å². The number of nitrogens with zero attached hydrogens (tertiary/aromatic N) is 2. The lowest BCUT2D eigenvalue weighted by Crippen LogP contribution is -2.24.